The summed E-state index contributed by atoms with van der Waals surface area (Å²) < 4.78 is 18.6. The summed E-state index contributed by atoms with van der Waals surface area (Å²) in [6.07, 6.45) is 1.62. The summed E-state index contributed by atoms with van der Waals surface area (Å²) in [5.41, 5.74) is 0.928. The standard InChI is InChI=1S/C14H13FN2O2/c1-9-3-6-13(16-8-9)17-14(18)11-5-4-10(19-2)7-12(11)15/h3-8H,1-2H3,(H,16,17,18). The monoisotopic (exact) mass is 260 g/mol. The Hall–Kier alpha value is -2.43. The number of halogens is 1. The molecule has 2 aromatic rings. The van der Waals surface area contributed by atoms with Gasteiger partial charge in [0.15, 0.2) is 0 Å². The van der Waals surface area contributed by atoms with Crippen LogP contribution in [0.4, 0.5) is 10.2 Å². The van der Waals surface area contributed by atoms with Gasteiger partial charge >= 0.3 is 0 Å². The zero-order valence-electron chi connectivity index (χ0n) is 10.6. The quantitative estimate of drug-likeness (QED) is 0.923. The molecule has 0 aliphatic heterocycles. The van der Waals surface area contributed by atoms with Crippen molar-refractivity contribution in [1.82, 2.24) is 4.98 Å². The second-order valence-electron chi connectivity index (χ2n) is 4.02. The second kappa shape index (κ2) is 5.48. The van der Waals surface area contributed by atoms with Gasteiger partial charge < -0.3 is 10.1 Å². The van der Waals surface area contributed by atoms with Gasteiger partial charge in [-0.1, -0.05) is 6.07 Å². The predicted molar refractivity (Wildman–Crippen MR) is 69.9 cm³/mol. The Kier molecular flexibility index (Phi) is 3.75. The van der Waals surface area contributed by atoms with Crippen LogP contribution in [0.5, 0.6) is 5.75 Å². The Morgan fingerprint density at radius 1 is 1.32 bits per heavy atom. The van der Waals surface area contributed by atoms with Crippen molar-refractivity contribution in [1.29, 1.82) is 0 Å². The van der Waals surface area contributed by atoms with E-state index in [9.17, 15) is 9.18 Å². The number of nitrogens with one attached hydrogen (secondary N) is 1. The average molecular weight is 260 g/mol. The highest BCUT2D eigenvalue weighted by Gasteiger charge is 2.13. The van der Waals surface area contributed by atoms with Crippen molar-refractivity contribution < 1.29 is 13.9 Å². The fourth-order valence-electron chi connectivity index (χ4n) is 1.53. The second-order valence-corrected chi connectivity index (χ2v) is 4.02. The van der Waals surface area contributed by atoms with E-state index in [1.807, 2.05) is 13.0 Å². The van der Waals surface area contributed by atoms with Crippen LogP contribution in [0.1, 0.15) is 15.9 Å². The molecular weight excluding hydrogens is 247 g/mol. The number of methoxy groups -OCH3 is 1. The van der Waals surface area contributed by atoms with E-state index in [0.29, 0.717) is 11.6 Å². The summed E-state index contributed by atoms with van der Waals surface area (Å²) in [4.78, 5) is 15.9. The molecule has 0 radical (unpaired) electrons. The van der Waals surface area contributed by atoms with Crippen molar-refractivity contribution in [2.75, 3.05) is 12.4 Å². The number of benzene rings is 1. The first-order valence-electron chi connectivity index (χ1n) is 5.67. The maximum absolute atomic E-state index is 13.7. The third kappa shape index (κ3) is 3.07. The number of ether oxygens (including phenoxy) is 1. The highest BCUT2D eigenvalue weighted by atomic mass is 19.1. The zero-order chi connectivity index (χ0) is 13.8. The number of aryl methyl sites for hydroxylation is 1. The molecule has 1 aromatic heterocycles. The van der Waals surface area contributed by atoms with E-state index in [0.717, 1.165) is 11.6 Å². The van der Waals surface area contributed by atoms with Gasteiger partial charge in [-0.05, 0) is 30.7 Å². The first-order chi connectivity index (χ1) is 9.10. The van der Waals surface area contributed by atoms with E-state index in [-0.39, 0.29) is 5.56 Å². The number of anilines is 1. The first kappa shape index (κ1) is 13.0. The number of hydrogen-bond donors (Lipinski definition) is 1. The average Bonchev–Trinajstić information content (AvgIpc) is 2.41. The maximum Gasteiger partial charge on any atom is 0.259 e. The number of hydrogen-bond acceptors (Lipinski definition) is 3. The molecule has 0 spiro atoms. The number of pyridine rings is 1. The Morgan fingerprint density at radius 2 is 2.11 bits per heavy atom. The fraction of sp³-hybridized carbons (Fsp3) is 0.143. The van der Waals surface area contributed by atoms with Gasteiger partial charge in [0.05, 0.1) is 12.7 Å². The Bertz CT molecular complexity index is 597. The number of amides is 1. The highest BCUT2D eigenvalue weighted by molar-refractivity contribution is 6.04. The molecule has 1 aromatic carbocycles. The van der Waals surface area contributed by atoms with E-state index in [2.05, 4.69) is 10.3 Å². The summed E-state index contributed by atoms with van der Waals surface area (Å²) in [6, 6.07) is 7.54. The molecule has 0 aliphatic rings. The summed E-state index contributed by atoms with van der Waals surface area (Å²) in [5.74, 6) is -0.436. The molecule has 4 nitrogen and oxygen atoms in total. The summed E-state index contributed by atoms with van der Waals surface area (Å²) in [5, 5.41) is 2.53. The van der Waals surface area contributed by atoms with Crippen LogP contribution < -0.4 is 10.1 Å². The smallest absolute Gasteiger partial charge is 0.259 e. The van der Waals surface area contributed by atoms with Gasteiger partial charge in [-0.15, -0.1) is 0 Å². The molecule has 1 amide bonds. The van der Waals surface area contributed by atoms with E-state index in [1.54, 1.807) is 12.3 Å². The van der Waals surface area contributed by atoms with Gasteiger partial charge in [-0.3, -0.25) is 4.79 Å². The molecule has 0 aliphatic carbocycles. The van der Waals surface area contributed by atoms with Crippen LogP contribution in [0.15, 0.2) is 36.5 Å². The van der Waals surface area contributed by atoms with Crippen LogP contribution in [0.3, 0.4) is 0 Å². The van der Waals surface area contributed by atoms with Gasteiger partial charge in [0.25, 0.3) is 5.91 Å². The minimum atomic E-state index is -0.635. The van der Waals surface area contributed by atoms with Crippen molar-refractivity contribution in [3.8, 4) is 5.75 Å². The summed E-state index contributed by atoms with van der Waals surface area (Å²) in [6.45, 7) is 1.89. The van der Waals surface area contributed by atoms with Gasteiger partial charge in [0.1, 0.15) is 17.4 Å². The van der Waals surface area contributed by atoms with Crippen molar-refractivity contribution in [2.45, 2.75) is 6.92 Å². The lowest BCUT2D eigenvalue weighted by atomic mass is 10.2. The van der Waals surface area contributed by atoms with Gasteiger partial charge in [-0.25, -0.2) is 9.37 Å². The van der Waals surface area contributed by atoms with Crippen LogP contribution in [-0.4, -0.2) is 18.0 Å². The molecular formula is C14H13FN2O2. The van der Waals surface area contributed by atoms with Crippen LogP contribution in [0.2, 0.25) is 0 Å². The third-order valence-electron chi connectivity index (χ3n) is 2.57. The maximum atomic E-state index is 13.7. The lowest BCUT2D eigenvalue weighted by Crippen LogP contribution is -2.14. The zero-order valence-corrected chi connectivity index (χ0v) is 10.6. The largest absolute Gasteiger partial charge is 0.497 e. The summed E-state index contributed by atoms with van der Waals surface area (Å²) >= 11 is 0. The van der Waals surface area contributed by atoms with Crippen molar-refractivity contribution in [2.24, 2.45) is 0 Å². The van der Waals surface area contributed by atoms with Crippen LogP contribution in [-0.2, 0) is 0 Å². The number of carbonyl (C=O) groups excluding carboxylic acids is 1. The Labute approximate surface area is 110 Å². The number of carbonyl (C=O) groups is 1. The third-order valence-corrected chi connectivity index (χ3v) is 2.57. The van der Waals surface area contributed by atoms with Crippen LogP contribution in [0.25, 0.3) is 0 Å². The molecule has 2 rings (SSSR count). The predicted octanol–water partition coefficient (Wildman–Crippen LogP) is 2.79. The van der Waals surface area contributed by atoms with Gasteiger partial charge in [0, 0.05) is 12.3 Å². The minimum Gasteiger partial charge on any atom is -0.497 e. The van der Waals surface area contributed by atoms with Crippen molar-refractivity contribution in [3.05, 3.63) is 53.5 Å². The molecule has 5 heteroatoms. The van der Waals surface area contributed by atoms with Crippen molar-refractivity contribution in [3.63, 3.8) is 0 Å². The number of rotatable bonds is 3. The number of nitrogens with zero attached hydrogens (tertiary/aromatic N) is 1. The normalized spacial score (nSPS) is 10.1. The lowest BCUT2D eigenvalue weighted by Gasteiger charge is -2.07. The molecule has 98 valence electrons. The molecule has 1 heterocycles. The molecule has 0 atom stereocenters. The number of aromatic nitrogens is 1. The molecule has 0 bridgehead atoms. The van der Waals surface area contributed by atoms with Crippen molar-refractivity contribution >= 4 is 11.7 Å². The molecule has 1 N–H and O–H groups in total. The topological polar surface area (TPSA) is 51.2 Å². The van der Waals surface area contributed by atoms with Crippen LogP contribution >= 0.6 is 0 Å². The van der Waals surface area contributed by atoms with Gasteiger partial charge in [-0.2, -0.15) is 0 Å². The molecule has 0 unspecified atom stereocenters. The molecule has 19 heavy (non-hydrogen) atoms. The molecule has 0 fully saturated rings. The van der Waals surface area contributed by atoms with E-state index < -0.39 is 11.7 Å². The van der Waals surface area contributed by atoms with E-state index in [1.165, 1.54) is 19.2 Å². The van der Waals surface area contributed by atoms with E-state index >= 15 is 0 Å². The molecule has 0 saturated carbocycles. The Balaban J connectivity index is 2.18. The SMILES string of the molecule is COc1ccc(C(=O)Nc2ccc(C)cn2)c(F)c1. The lowest BCUT2D eigenvalue weighted by molar-refractivity contribution is 0.102. The first-order valence-corrected chi connectivity index (χ1v) is 5.67. The fourth-order valence-corrected chi connectivity index (χ4v) is 1.53. The molecule has 0 saturated heterocycles. The van der Waals surface area contributed by atoms with Gasteiger partial charge in [0.2, 0.25) is 0 Å². The van der Waals surface area contributed by atoms with E-state index in [4.69, 9.17) is 4.74 Å². The van der Waals surface area contributed by atoms with Crippen LogP contribution in [0, 0.1) is 12.7 Å². The summed E-state index contributed by atoms with van der Waals surface area (Å²) in [7, 11) is 1.44. The Morgan fingerprint density at radius 3 is 2.68 bits per heavy atom. The highest BCUT2D eigenvalue weighted by Crippen LogP contribution is 2.17. The minimum absolute atomic E-state index is 0.0526.